The van der Waals surface area contributed by atoms with E-state index < -0.39 is 5.82 Å². The molecule has 0 radical (unpaired) electrons. The number of benzene rings is 1. The highest BCUT2D eigenvalue weighted by atomic mass is 32.1. The fourth-order valence-electron chi connectivity index (χ4n) is 1.85. The SMILES string of the molecule is CC(Cn1ccnc1)Nc1ccc(C(N)=S)c(F)c1. The molecule has 0 aliphatic heterocycles. The molecule has 2 rings (SSSR count). The van der Waals surface area contributed by atoms with E-state index in [0.29, 0.717) is 5.69 Å². The van der Waals surface area contributed by atoms with Gasteiger partial charge in [-0.15, -0.1) is 0 Å². The second kappa shape index (κ2) is 5.79. The third-order valence-electron chi connectivity index (χ3n) is 2.69. The maximum absolute atomic E-state index is 13.7. The van der Waals surface area contributed by atoms with Gasteiger partial charge in [0.1, 0.15) is 10.8 Å². The molecule has 1 aromatic carbocycles. The molecule has 0 aliphatic rings. The number of nitrogens with two attached hydrogens (primary N) is 1. The highest BCUT2D eigenvalue weighted by Gasteiger charge is 2.08. The van der Waals surface area contributed by atoms with Crippen molar-refractivity contribution < 1.29 is 4.39 Å². The van der Waals surface area contributed by atoms with Crippen molar-refractivity contribution in [1.82, 2.24) is 9.55 Å². The van der Waals surface area contributed by atoms with Gasteiger partial charge in [-0.3, -0.25) is 0 Å². The zero-order valence-corrected chi connectivity index (χ0v) is 11.3. The van der Waals surface area contributed by atoms with Crippen LogP contribution in [0, 0.1) is 5.82 Å². The first-order valence-electron chi connectivity index (χ1n) is 5.88. The van der Waals surface area contributed by atoms with E-state index in [9.17, 15) is 4.39 Å². The van der Waals surface area contributed by atoms with Gasteiger partial charge in [0.05, 0.1) is 6.33 Å². The normalized spacial score (nSPS) is 12.1. The average Bonchev–Trinajstić information content (AvgIpc) is 2.81. The summed E-state index contributed by atoms with van der Waals surface area (Å²) >= 11 is 4.76. The van der Waals surface area contributed by atoms with Gasteiger partial charge in [0.15, 0.2) is 0 Å². The minimum Gasteiger partial charge on any atom is -0.389 e. The smallest absolute Gasteiger partial charge is 0.135 e. The predicted molar refractivity (Wildman–Crippen MR) is 77.6 cm³/mol. The Balaban J connectivity index is 2.03. The minimum atomic E-state index is -0.410. The van der Waals surface area contributed by atoms with Gasteiger partial charge in [-0.2, -0.15) is 0 Å². The number of nitrogens with one attached hydrogen (secondary N) is 1. The topological polar surface area (TPSA) is 55.9 Å². The summed E-state index contributed by atoms with van der Waals surface area (Å²) < 4.78 is 15.7. The second-order valence-corrected chi connectivity index (χ2v) is 4.80. The number of thiocarbonyl (C=S) groups is 1. The van der Waals surface area contributed by atoms with Crippen LogP contribution in [0.4, 0.5) is 10.1 Å². The Labute approximate surface area is 116 Å². The number of halogens is 1. The number of anilines is 1. The van der Waals surface area contributed by atoms with Crippen molar-refractivity contribution in [3.8, 4) is 0 Å². The van der Waals surface area contributed by atoms with Crippen LogP contribution in [0.1, 0.15) is 12.5 Å². The number of aromatic nitrogens is 2. The van der Waals surface area contributed by atoms with Gasteiger partial charge >= 0.3 is 0 Å². The Kier molecular flexibility index (Phi) is 4.11. The van der Waals surface area contributed by atoms with Crippen LogP contribution in [0.25, 0.3) is 0 Å². The lowest BCUT2D eigenvalue weighted by Crippen LogP contribution is -2.21. The maximum Gasteiger partial charge on any atom is 0.135 e. The van der Waals surface area contributed by atoms with Gasteiger partial charge in [-0.25, -0.2) is 9.37 Å². The van der Waals surface area contributed by atoms with Gasteiger partial charge < -0.3 is 15.6 Å². The summed E-state index contributed by atoms with van der Waals surface area (Å²) in [6, 6.07) is 4.90. The molecule has 0 aliphatic carbocycles. The third kappa shape index (κ3) is 3.51. The van der Waals surface area contributed by atoms with Gasteiger partial charge in [0.25, 0.3) is 0 Å². The van der Waals surface area contributed by atoms with Crippen LogP contribution in [0.2, 0.25) is 0 Å². The molecule has 3 N–H and O–H groups in total. The summed E-state index contributed by atoms with van der Waals surface area (Å²) in [4.78, 5) is 4.04. The zero-order valence-electron chi connectivity index (χ0n) is 10.5. The molecule has 1 unspecified atom stereocenters. The summed E-state index contributed by atoms with van der Waals surface area (Å²) in [6.07, 6.45) is 5.35. The number of imidazole rings is 1. The van der Waals surface area contributed by atoms with E-state index >= 15 is 0 Å². The molecule has 0 fully saturated rings. The van der Waals surface area contributed by atoms with Gasteiger partial charge in [0.2, 0.25) is 0 Å². The Bertz CT molecular complexity index is 568. The largest absolute Gasteiger partial charge is 0.389 e. The van der Waals surface area contributed by atoms with Crippen molar-refractivity contribution in [1.29, 1.82) is 0 Å². The van der Waals surface area contributed by atoms with Crippen LogP contribution >= 0.6 is 12.2 Å². The summed E-state index contributed by atoms with van der Waals surface area (Å²) in [5.41, 5.74) is 6.38. The number of hydrogen-bond acceptors (Lipinski definition) is 3. The molecular formula is C13H15FN4S. The van der Waals surface area contributed by atoms with E-state index in [-0.39, 0.29) is 16.6 Å². The molecular weight excluding hydrogens is 263 g/mol. The molecule has 4 nitrogen and oxygen atoms in total. The molecule has 0 amide bonds. The summed E-state index contributed by atoms with van der Waals surface area (Å²) in [5, 5.41) is 3.21. The molecule has 1 aromatic heterocycles. The first-order chi connectivity index (χ1) is 9.06. The van der Waals surface area contributed by atoms with Crippen molar-refractivity contribution in [2.24, 2.45) is 5.73 Å². The first-order valence-corrected chi connectivity index (χ1v) is 6.28. The van der Waals surface area contributed by atoms with Crippen molar-refractivity contribution >= 4 is 22.9 Å². The molecule has 19 heavy (non-hydrogen) atoms. The minimum absolute atomic E-state index is 0.0653. The summed E-state index contributed by atoms with van der Waals surface area (Å²) in [6.45, 7) is 2.76. The van der Waals surface area contributed by atoms with Crippen LogP contribution in [0.5, 0.6) is 0 Å². The fraction of sp³-hybridized carbons (Fsp3) is 0.231. The van der Waals surface area contributed by atoms with Gasteiger partial charge in [-0.1, -0.05) is 12.2 Å². The molecule has 0 saturated heterocycles. The maximum atomic E-state index is 13.7. The van der Waals surface area contributed by atoms with Crippen LogP contribution < -0.4 is 11.1 Å². The number of hydrogen-bond donors (Lipinski definition) is 2. The Morgan fingerprint density at radius 3 is 2.95 bits per heavy atom. The summed E-state index contributed by atoms with van der Waals surface area (Å²) in [5.74, 6) is -0.410. The van der Waals surface area contributed by atoms with Crippen molar-refractivity contribution in [3.63, 3.8) is 0 Å². The first kappa shape index (κ1) is 13.5. The molecule has 0 spiro atoms. The zero-order chi connectivity index (χ0) is 13.8. The lowest BCUT2D eigenvalue weighted by molar-refractivity contribution is 0.612. The van der Waals surface area contributed by atoms with Crippen LogP contribution in [0.3, 0.4) is 0 Å². The molecule has 6 heteroatoms. The van der Waals surface area contributed by atoms with E-state index in [1.165, 1.54) is 6.07 Å². The fourth-order valence-corrected chi connectivity index (χ4v) is 2.01. The van der Waals surface area contributed by atoms with Crippen LogP contribution in [-0.4, -0.2) is 20.6 Å². The van der Waals surface area contributed by atoms with E-state index in [1.807, 2.05) is 17.7 Å². The van der Waals surface area contributed by atoms with Gasteiger partial charge in [0, 0.05) is 36.2 Å². The quantitative estimate of drug-likeness (QED) is 0.823. The Morgan fingerprint density at radius 1 is 1.58 bits per heavy atom. The standard InChI is InChI=1S/C13H15FN4S/c1-9(7-18-5-4-16-8-18)17-10-2-3-11(13(15)19)12(14)6-10/h2-6,8-9,17H,7H2,1H3,(H2,15,19). The van der Waals surface area contributed by atoms with Crippen LogP contribution in [-0.2, 0) is 6.54 Å². The van der Waals surface area contributed by atoms with E-state index in [1.54, 1.807) is 24.7 Å². The third-order valence-corrected chi connectivity index (χ3v) is 2.91. The average molecular weight is 278 g/mol. The monoisotopic (exact) mass is 278 g/mol. The van der Waals surface area contributed by atoms with Crippen molar-refractivity contribution in [3.05, 3.63) is 48.3 Å². The second-order valence-electron chi connectivity index (χ2n) is 4.36. The number of nitrogens with zero attached hydrogens (tertiary/aromatic N) is 2. The van der Waals surface area contributed by atoms with Crippen molar-refractivity contribution in [2.45, 2.75) is 19.5 Å². The molecule has 2 aromatic rings. The molecule has 1 heterocycles. The lowest BCUT2D eigenvalue weighted by atomic mass is 10.2. The van der Waals surface area contributed by atoms with Crippen LogP contribution in [0.15, 0.2) is 36.9 Å². The van der Waals surface area contributed by atoms with E-state index in [4.69, 9.17) is 18.0 Å². The van der Waals surface area contributed by atoms with E-state index in [2.05, 4.69) is 10.3 Å². The molecule has 100 valence electrons. The number of rotatable bonds is 5. The summed E-state index contributed by atoms with van der Waals surface area (Å²) in [7, 11) is 0. The molecule has 0 bridgehead atoms. The van der Waals surface area contributed by atoms with Gasteiger partial charge in [-0.05, 0) is 25.1 Å². The Hall–Kier alpha value is -1.95. The predicted octanol–water partition coefficient (Wildman–Crippen LogP) is 2.16. The Morgan fingerprint density at radius 2 is 2.37 bits per heavy atom. The molecule has 1 atom stereocenters. The highest BCUT2D eigenvalue weighted by molar-refractivity contribution is 7.80. The molecule has 0 saturated carbocycles. The van der Waals surface area contributed by atoms with Crippen molar-refractivity contribution in [2.75, 3.05) is 5.32 Å². The lowest BCUT2D eigenvalue weighted by Gasteiger charge is -2.16. The van der Waals surface area contributed by atoms with E-state index in [0.717, 1.165) is 6.54 Å². The highest BCUT2D eigenvalue weighted by Crippen LogP contribution is 2.15.